The van der Waals surface area contributed by atoms with Crippen LogP contribution in [0.2, 0.25) is 0 Å². The smallest absolute Gasteiger partial charge is 0.123 e. The topological polar surface area (TPSA) is 35.2 Å². The quantitative estimate of drug-likeness (QED) is 0.772. The van der Waals surface area contributed by atoms with Crippen molar-refractivity contribution in [3.05, 3.63) is 35.1 Å². The Hall–Kier alpha value is -0.930. The number of rotatable bonds is 6. The fourth-order valence-corrected chi connectivity index (χ4v) is 2.14. The van der Waals surface area contributed by atoms with E-state index >= 15 is 0 Å². The fraction of sp³-hybridized carbons (Fsp3) is 0.571. The van der Waals surface area contributed by atoms with E-state index in [-0.39, 0.29) is 5.82 Å². The predicted molar refractivity (Wildman–Crippen MR) is 65.9 cm³/mol. The highest BCUT2D eigenvalue weighted by Gasteiger charge is 2.16. The lowest BCUT2D eigenvalue weighted by atomic mass is 9.83. The van der Waals surface area contributed by atoms with Gasteiger partial charge >= 0.3 is 0 Å². The second kappa shape index (κ2) is 6.12. The van der Waals surface area contributed by atoms with Gasteiger partial charge in [-0.3, -0.25) is 0 Å². The van der Waals surface area contributed by atoms with Gasteiger partial charge in [-0.25, -0.2) is 4.39 Å². The van der Waals surface area contributed by atoms with Crippen molar-refractivity contribution in [1.82, 2.24) is 0 Å². The monoisotopic (exact) mass is 237 g/mol. The summed E-state index contributed by atoms with van der Waals surface area (Å²) >= 11 is 0. The Balaban J connectivity index is 1.77. The summed E-state index contributed by atoms with van der Waals surface area (Å²) in [4.78, 5) is 0. The van der Waals surface area contributed by atoms with Gasteiger partial charge in [0.05, 0.1) is 6.61 Å². The number of ether oxygens (including phenoxy) is 1. The van der Waals surface area contributed by atoms with Crippen molar-refractivity contribution in [3.63, 3.8) is 0 Å². The van der Waals surface area contributed by atoms with Crippen LogP contribution in [0.25, 0.3) is 0 Å². The van der Waals surface area contributed by atoms with Crippen molar-refractivity contribution < 1.29 is 9.13 Å². The van der Waals surface area contributed by atoms with E-state index in [9.17, 15) is 4.39 Å². The molecule has 0 radical (unpaired) electrons. The van der Waals surface area contributed by atoms with E-state index in [1.54, 1.807) is 6.07 Å². The van der Waals surface area contributed by atoms with Crippen molar-refractivity contribution in [2.45, 2.75) is 38.8 Å². The van der Waals surface area contributed by atoms with E-state index in [1.807, 2.05) is 0 Å². The van der Waals surface area contributed by atoms with Crippen molar-refractivity contribution in [2.24, 2.45) is 11.7 Å². The molecule has 0 saturated heterocycles. The van der Waals surface area contributed by atoms with Crippen molar-refractivity contribution in [1.29, 1.82) is 0 Å². The number of hydrogen-bond donors (Lipinski definition) is 1. The normalized spacial score (nSPS) is 15.9. The van der Waals surface area contributed by atoms with Crippen LogP contribution >= 0.6 is 0 Å². The molecule has 17 heavy (non-hydrogen) atoms. The van der Waals surface area contributed by atoms with Gasteiger partial charge in [0.15, 0.2) is 0 Å². The molecule has 1 aliphatic carbocycles. The zero-order chi connectivity index (χ0) is 12.1. The van der Waals surface area contributed by atoms with Crippen LogP contribution < -0.4 is 5.73 Å². The molecule has 0 aliphatic heterocycles. The first-order chi connectivity index (χ1) is 8.29. The SMILES string of the molecule is NCc1cc(F)ccc1COCCC1CCC1. The van der Waals surface area contributed by atoms with E-state index in [1.165, 1.54) is 31.4 Å². The number of benzene rings is 1. The molecule has 1 aromatic rings. The van der Waals surface area contributed by atoms with Gasteiger partial charge in [-0.15, -0.1) is 0 Å². The summed E-state index contributed by atoms with van der Waals surface area (Å²) in [6.45, 7) is 1.70. The molecule has 1 saturated carbocycles. The number of halogens is 1. The molecule has 0 spiro atoms. The summed E-state index contributed by atoms with van der Waals surface area (Å²) in [6.07, 6.45) is 5.24. The maximum absolute atomic E-state index is 13.0. The molecule has 0 amide bonds. The average molecular weight is 237 g/mol. The Morgan fingerprint density at radius 2 is 2.12 bits per heavy atom. The van der Waals surface area contributed by atoms with Crippen LogP contribution in [0.4, 0.5) is 4.39 Å². The molecule has 2 rings (SSSR count). The maximum Gasteiger partial charge on any atom is 0.123 e. The van der Waals surface area contributed by atoms with Crippen LogP contribution in [0.1, 0.15) is 36.8 Å². The predicted octanol–water partition coefficient (Wildman–Crippen LogP) is 2.99. The van der Waals surface area contributed by atoms with E-state index in [2.05, 4.69) is 0 Å². The van der Waals surface area contributed by atoms with Gasteiger partial charge in [0, 0.05) is 13.2 Å². The van der Waals surface area contributed by atoms with Gasteiger partial charge in [-0.1, -0.05) is 25.3 Å². The Bertz CT molecular complexity index is 363. The van der Waals surface area contributed by atoms with Crippen molar-refractivity contribution in [3.8, 4) is 0 Å². The minimum absolute atomic E-state index is 0.233. The molecule has 0 bridgehead atoms. The van der Waals surface area contributed by atoms with Gasteiger partial charge < -0.3 is 10.5 Å². The molecule has 3 heteroatoms. The Morgan fingerprint density at radius 3 is 2.76 bits per heavy atom. The van der Waals surface area contributed by atoms with Crippen molar-refractivity contribution in [2.75, 3.05) is 6.61 Å². The fourth-order valence-electron chi connectivity index (χ4n) is 2.14. The minimum Gasteiger partial charge on any atom is -0.377 e. The molecule has 1 aliphatic rings. The molecular formula is C14H20FNO. The molecule has 2 N–H and O–H groups in total. The molecule has 0 unspecified atom stereocenters. The van der Waals surface area contributed by atoms with Crippen LogP contribution in [0, 0.1) is 11.7 Å². The second-order valence-electron chi connectivity index (χ2n) is 4.76. The van der Waals surface area contributed by atoms with Crippen LogP contribution in [0.5, 0.6) is 0 Å². The van der Waals surface area contributed by atoms with Gasteiger partial charge in [0.2, 0.25) is 0 Å². The molecule has 0 atom stereocenters. The molecule has 0 aromatic heterocycles. The average Bonchev–Trinajstić information content (AvgIpc) is 2.28. The van der Waals surface area contributed by atoms with E-state index < -0.39 is 0 Å². The summed E-state index contributed by atoms with van der Waals surface area (Å²) in [5.41, 5.74) is 7.42. The van der Waals surface area contributed by atoms with E-state index in [0.717, 1.165) is 30.1 Å². The van der Waals surface area contributed by atoms with Crippen LogP contribution in [0.15, 0.2) is 18.2 Å². The Labute approximate surface area is 102 Å². The summed E-state index contributed by atoms with van der Waals surface area (Å²) in [7, 11) is 0. The zero-order valence-electron chi connectivity index (χ0n) is 10.1. The summed E-state index contributed by atoms with van der Waals surface area (Å²) in [5, 5.41) is 0. The molecule has 1 aromatic carbocycles. The maximum atomic E-state index is 13.0. The Kier molecular flexibility index (Phi) is 4.51. The van der Waals surface area contributed by atoms with E-state index in [0.29, 0.717) is 13.2 Å². The molecule has 0 heterocycles. The lowest BCUT2D eigenvalue weighted by Crippen LogP contribution is -2.13. The van der Waals surface area contributed by atoms with Crippen LogP contribution in [-0.4, -0.2) is 6.61 Å². The Morgan fingerprint density at radius 1 is 1.29 bits per heavy atom. The highest BCUT2D eigenvalue weighted by molar-refractivity contribution is 5.27. The van der Waals surface area contributed by atoms with Gasteiger partial charge in [-0.05, 0) is 35.6 Å². The molecule has 94 valence electrons. The second-order valence-corrected chi connectivity index (χ2v) is 4.76. The largest absolute Gasteiger partial charge is 0.377 e. The number of hydrogen-bond acceptors (Lipinski definition) is 2. The minimum atomic E-state index is -0.233. The molecular weight excluding hydrogens is 217 g/mol. The van der Waals surface area contributed by atoms with Gasteiger partial charge in [0.25, 0.3) is 0 Å². The van der Waals surface area contributed by atoms with Crippen LogP contribution in [-0.2, 0) is 17.9 Å². The van der Waals surface area contributed by atoms with Gasteiger partial charge in [-0.2, -0.15) is 0 Å². The first-order valence-corrected chi connectivity index (χ1v) is 6.34. The van der Waals surface area contributed by atoms with Crippen molar-refractivity contribution >= 4 is 0 Å². The molecule has 2 nitrogen and oxygen atoms in total. The highest BCUT2D eigenvalue weighted by atomic mass is 19.1. The first kappa shape index (κ1) is 12.5. The lowest BCUT2D eigenvalue weighted by Gasteiger charge is -2.24. The van der Waals surface area contributed by atoms with Gasteiger partial charge in [0.1, 0.15) is 5.82 Å². The summed E-state index contributed by atoms with van der Waals surface area (Å²) in [5.74, 6) is 0.640. The molecule has 1 fully saturated rings. The number of nitrogens with two attached hydrogens (primary N) is 1. The third-order valence-corrected chi connectivity index (χ3v) is 3.54. The standard InChI is InChI=1S/C14H20FNO/c15-14-5-4-12(13(8-14)9-16)10-17-7-6-11-2-1-3-11/h4-5,8,11H,1-3,6-7,9-10,16H2. The summed E-state index contributed by atoms with van der Waals surface area (Å²) < 4.78 is 18.6. The first-order valence-electron chi connectivity index (χ1n) is 6.34. The highest BCUT2D eigenvalue weighted by Crippen LogP contribution is 2.29. The lowest BCUT2D eigenvalue weighted by molar-refractivity contribution is 0.0945. The van der Waals surface area contributed by atoms with Crippen LogP contribution in [0.3, 0.4) is 0 Å². The third kappa shape index (κ3) is 3.51. The third-order valence-electron chi connectivity index (χ3n) is 3.54. The summed E-state index contributed by atoms with van der Waals surface area (Å²) in [6, 6.07) is 4.72. The zero-order valence-corrected chi connectivity index (χ0v) is 10.1. The van der Waals surface area contributed by atoms with E-state index in [4.69, 9.17) is 10.5 Å².